The molecule has 1 unspecified atom stereocenters. The van der Waals surface area contributed by atoms with Crippen LogP contribution in [0.1, 0.15) is 30.5 Å². The van der Waals surface area contributed by atoms with Crippen molar-refractivity contribution in [3.05, 3.63) is 59.7 Å². The number of carbonyl (C=O) groups excluding carboxylic acids is 1. The minimum absolute atomic E-state index is 0.0276. The second-order valence-electron chi connectivity index (χ2n) is 4.96. The molecule has 2 aromatic rings. The average Bonchev–Trinajstić information content (AvgIpc) is 2.47. The molecule has 1 atom stereocenters. The number of nitrogens with two attached hydrogens (primary N) is 1. The van der Waals surface area contributed by atoms with Gasteiger partial charge in [0.25, 0.3) is 0 Å². The lowest BCUT2D eigenvalue weighted by molar-refractivity contribution is -0.117. The number of phenols is 1. The maximum Gasteiger partial charge on any atom is 0.221 e. The number of nitrogens with one attached hydrogen (secondary N) is 1. The molecule has 0 spiro atoms. The molecule has 0 heterocycles. The number of hydrogen-bond acceptors (Lipinski definition) is 3. The van der Waals surface area contributed by atoms with Gasteiger partial charge in [-0.15, -0.1) is 0 Å². The summed E-state index contributed by atoms with van der Waals surface area (Å²) in [6.45, 7) is 2.04. The highest BCUT2D eigenvalue weighted by molar-refractivity contribution is 5.78. The zero-order valence-corrected chi connectivity index (χ0v) is 12.0. The average molecular weight is 284 g/mol. The number of benzene rings is 2. The van der Waals surface area contributed by atoms with Crippen LogP contribution in [0.4, 0.5) is 5.69 Å². The fraction of sp³-hybridized carbons (Fsp3) is 0.235. The number of hydrogen-bond donors (Lipinski definition) is 3. The number of phenolic OH excluding ortho intramolecular Hbond substituents is 1. The fourth-order valence-corrected chi connectivity index (χ4v) is 2.37. The van der Waals surface area contributed by atoms with Crippen molar-refractivity contribution in [2.24, 2.45) is 5.73 Å². The summed E-state index contributed by atoms with van der Waals surface area (Å²) in [5.74, 6) is -0.0934. The first-order valence-corrected chi connectivity index (χ1v) is 7.02. The molecule has 4 N–H and O–H groups in total. The van der Waals surface area contributed by atoms with Gasteiger partial charge < -0.3 is 16.2 Å². The second-order valence-corrected chi connectivity index (χ2v) is 4.96. The van der Waals surface area contributed by atoms with Crippen LogP contribution in [0.5, 0.6) is 5.75 Å². The summed E-state index contributed by atoms with van der Waals surface area (Å²) in [5, 5.41) is 13.4. The minimum atomic E-state index is -0.361. The van der Waals surface area contributed by atoms with Gasteiger partial charge in [-0.3, -0.25) is 4.79 Å². The number of amides is 1. The van der Waals surface area contributed by atoms with E-state index in [9.17, 15) is 9.90 Å². The highest BCUT2D eigenvalue weighted by Gasteiger charge is 2.14. The zero-order chi connectivity index (χ0) is 15.2. The molecular weight excluding hydrogens is 264 g/mol. The van der Waals surface area contributed by atoms with Gasteiger partial charge in [-0.2, -0.15) is 0 Å². The van der Waals surface area contributed by atoms with E-state index in [-0.39, 0.29) is 24.1 Å². The van der Waals surface area contributed by atoms with Gasteiger partial charge in [0.15, 0.2) is 0 Å². The Hall–Kier alpha value is -2.49. The van der Waals surface area contributed by atoms with Crippen LogP contribution in [0.15, 0.2) is 48.5 Å². The van der Waals surface area contributed by atoms with Gasteiger partial charge >= 0.3 is 0 Å². The molecule has 4 heteroatoms. The Morgan fingerprint density at radius 1 is 1.19 bits per heavy atom. The van der Waals surface area contributed by atoms with Crippen molar-refractivity contribution in [2.75, 3.05) is 5.32 Å². The van der Waals surface area contributed by atoms with Crippen LogP contribution in [0, 0.1) is 0 Å². The molecule has 2 aromatic carbocycles. The van der Waals surface area contributed by atoms with E-state index in [0.717, 1.165) is 23.2 Å². The predicted octanol–water partition coefficient (Wildman–Crippen LogP) is 2.98. The van der Waals surface area contributed by atoms with Crippen LogP contribution < -0.4 is 11.1 Å². The number of aromatic hydroxyl groups is 1. The van der Waals surface area contributed by atoms with E-state index in [1.54, 1.807) is 12.1 Å². The molecular formula is C17H20N2O2. The molecule has 0 fully saturated rings. The maximum atomic E-state index is 11.2. The van der Waals surface area contributed by atoms with Crippen molar-refractivity contribution in [3.8, 4) is 5.75 Å². The largest absolute Gasteiger partial charge is 0.508 e. The molecule has 4 nitrogen and oxygen atoms in total. The fourth-order valence-electron chi connectivity index (χ4n) is 2.37. The molecule has 0 aliphatic rings. The number of carbonyl (C=O) groups is 1. The van der Waals surface area contributed by atoms with Gasteiger partial charge in [0.1, 0.15) is 5.75 Å². The molecule has 1 amide bonds. The van der Waals surface area contributed by atoms with Crippen molar-refractivity contribution >= 4 is 11.6 Å². The van der Waals surface area contributed by atoms with Crippen molar-refractivity contribution in [1.82, 2.24) is 0 Å². The summed E-state index contributed by atoms with van der Waals surface area (Å²) in [7, 11) is 0. The van der Waals surface area contributed by atoms with Gasteiger partial charge in [0.05, 0.1) is 12.5 Å². The van der Waals surface area contributed by atoms with Crippen LogP contribution in [-0.2, 0) is 11.2 Å². The predicted molar refractivity (Wildman–Crippen MR) is 84.1 cm³/mol. The molecule has 21 heavy (non-hydrogen) atoms. The van der Waals surface area contributed by atoms with E-state index < -0.39 is 0 Å². The van der Waals surface area contributed by atoms with Gasteiger partial charge in [-0.05, 0) is 24.1 Å². The Labute approximate surface area is 124 Å². The first-order chi connectivity index (χ1) is 10.1. The van der Waals surface area contributed by atoms with E-state index in [0.29, 0.717) is 0 Å². The molecule has 2 rings (SSSR count). The first-order valence-electron chi connectivity index (χ1n) is 7.02. The van der Waals surface area contributed by atoms with Crippen LogP contribution in [0.3, 0.4) is 0 Å². The van der Waals surface area contributed by atoms with E-state index >= 15 is 0 Å². The smallest absolute Gasteiger partial charge is 0.221 e. The van der Waals surface area contributed by atoms with E-state index in [1.165, 1.54) is 0 Å². The molecule has 0 aliphatic carbocycles. The van der Waals surface area contributed by atoms with Crippen LogP contribution in [-0.4, -0.2) is 11.0 Å². The standard InChI is InChI=1S/C17H20N2O2/c1-2-14(13-8-4-6-10-16(13)20)19-15-9-5-3-7-12(15)11-17(18)21/h3-10,14,19-20H,2,11H2,1H3,(H2,18,21). The summed E-state index contributed by atoms with van der Waals surface area (Å²) in [4.78, 5) is 11.2. The van der Waals surface area contributed by atoms with Gasteiger partial charge in [-0.1, -0.05) is 43.3 Å². The van der Waals surface area contributed by atoms with Crippen LogP contribution in [0.25, 0.3) is 0 Å². The van der Waals surface area contributed by atoms with Crippen LogP contribution in [0.2, 0.25) is 0 Å². The third-order valence-corrected chi connectivity index (χ3v) is 3.43. The number of rotatable bonds is 6. The first kappa shape index (κ1) is 14.9. The summed E-state index contributed by atoms with van der Waals surface area (Å²) >= 11 is 0. The second kappa shape index (κ2) is 6.79. The third kappa shape index (κ3) is 3.75. The lowest BCUT2D eigenvalue weighted by Crippen LogP contribution is -2.16. The number of para-hydroxylation sites is 2. The van der Waals surface area contributed by atoms with E-state index in [2.05, 4.69) is 5.32 Å². The quantitative estimate of drug-likeness (QED) is 0.763. The Morgan fingerprint density at radius 3 is 2.52 bits per heavy atom. The topological polar surface area (TPSA) is 75.3 Å². The van der Waals surface area contributed by atoms with Gasteiger partial charge in [0.2, 0.25) is 5.91 Å². The highest BCUT2D eigenvalue weighted by atomic mass is 16.3. The maximum absolute atomic E-state index is 11.2. The van der Waals surface area contributed by atoms with E-state index in [1.807, 2.05) is 43.3 Å². The van der Waals surface area contributed by atoms with Crippen molar-refractivity contribution in [2.45, 2.75) is 25.8 Å². The van der Waals surface area contributed by atoms with Crippen molar-refractivity contribution in [1.29, 1.82) is 0 Å². The van der Waals surface area contributed by atoms with Crippen molar-refractivity contribution in [3.63, 3.8) is 0 Å². The molecule has 0 bridgehead atoms. The van der Waals surface area contributed by atoms with E-state index in [4.69, 9.17) is 5.73 Å². The Bertz CT molecular complexity index is 626. The monoisotopic (exact) mass is 284 g/mol. The lowest BCUT2D eigenvalue weighted by atomic mass is 10.0. The summed E-state index contributed by atoms with van der Waals surface area (Å²) in [5.41, 5.74) is 7.85. The van der Waals surface area contributed by atoms with Gasteiger partial charge in [0, 0.05) is 11.3 Å². The van der Waals surface area contributed by atoms with Crippen molar-refractivity contribution < 1.29 is 9.90 Å². The SMILES string of the molecule is CCC(Nc1ccccc1CC(N)=O)c1ccccc1O. The molecule has 0 radical (unpaired) electrons. The Balaban J connectivity index is 2.27. The Morgan fingerprint density at radius 2 is 1.86 bits per heavy atom. The van der Waals surface area contributed by atoms with Gasteiger partial charge in [-0.25, -0.2) is 0 Å². The molecule has 0 saturated heterocycles. The minimum Gasteiger partial charge on any atom is -0.508 e. The summed E-state index contributed by atoms with van der Waals surface area (Å²) < 4.78 is 0. The highest BCUT2D eigenvalue weighted by Crippen LogP contribution is 2.30. The normalized spacial score (nSPS) is 11.9. The van der Waals surface area contributed by atoms with Crippen LogP contribution >= 0.6 is 0 Å². The summed E-state index contributed by atoms with van der Waals surface area (Å²) in [6.07, 6.45) is 1.00. The molecule has 110 valence electrons. The lowest BCUT2D eigenvalue weighted by Gasteiger charge is -2.21. The molecule has 0 aliphatic heterocycles. The Kier molecular flexibility index (Phi) is 4.82. The third-order valence-electron chi connectivity index (χ3n) is 3.43. The summed E-state index contributed by atoms with van der Waals surface area (Å²) in [6, 6.07) is 14.8. The number of anilines is 1. The number of primary amides is 1. The zero-order valence-electron chi connectivity index (χ0n) is 12.0. The molecule has 0 saturated carbocycles. The molecule has 0 aromatic heterocycles.